The normalized spacial score (nSPS) is 13.3. The van der Waals surface area contributed by atoms with Crippen molar-refractivity contribution in [2.75, 3.05) is 12.8 Å². The molecule has 19 heavy (non-hydrogen) atoms. The lowest BCUT2D eigenvalue weighted by Crippen LogP contribution is -2.44. The van der Waals surface area contributed by atoms with E-state index in [-0.39, 0.29) is 10.8 Å². The lowest BCUT2D eigenvalue weighted by atomic mass is 10.1. The molecule has 1 aromatic rings. The van der Waals surface area contributed by atoms with Gasteiger partial charge in [0.05, 0.1) is 12.0 Å². The van der Waals surface area contributed by atoms with Crippen molar-refractivity contribution in [3.63, 3.8) is 0 Å². The van der Waals surface area contributed by atoms with Gasteiger partial charge in [-0.05, 0) is 24.1 Å². The van der Waals surface area contributed by atoms with Crippen molar-refractivity contribution >= 4 is 21.7 Å². The number of carbonyl (C=O) groups excluding carboxylic acids is 1. The van der Waals surface area contributed by atoms with Gasteiger partial charge in [0.15, 0.2) is 0 Å². The number of esters is 1. The van der Waals surface area contributed by atoms with Gasteiger partial charge in [0.25, 0.3) is 0 Å². The summed E-state index contributed by atoms with van der Waals surface area (Å²) in [6, 6.07) is 4.92. The highest BCUT2D eigenvalue weighted by Gasteiger charge is 2.29. The fraction of sp³-hybridized carbons (Fsp3) is 0.417. The molecule has 0 bridgehead atoms. The zero-order valence-electron chi connectivity index (χ0n) is 11.1. The Kier molecular flexibility index (Phi) is 4.90. The number of methoxy groups -OCH3 is 1. The van der Waals surface area contributed by atoms with Gasteiger partial charge < -0.3 is 10.5 Å². The standard InChI is InChI=1S/C12H18N2O4S/c1-8(2)11(12(15)18-3)14-19(16,17)10-6-4-5-9(13)7-10/h4-8,11,14H,13H2,1-3H3. The Morgan fingerprint density at radius 1 is 1.37 bits per heavy atom. The molecule has 106 valence electrons. The van der Waals surface area contributed by atoms with E-state index >= 15 is 0 Å². The average molecular weight is 286 g/mol. The molecule has 0 radical (unpaired) electrons. The number of benzene rings is 1. The summed E-state index contributed by atoms with van der Waals surface area (Å²) in [4.78, 5) is 11.6. The summed E-state index contributed by atoms with van der Waals surface area (Å²) in [6.07, 6.45) is 0. The third-order valence-corrected chi connectivity index (χ3v) is 4.01. The van der Waals surface area contributed by atoms with E-state index in [0.29, 0.717) is 5.69 Å². The van der Waals surface area contributed by atoms with E-state index in [1.807, 2.05) is 0 Å². The molecule has 0 aromatic heterocycles. The Morgan fingerprint density at radius 3 is 2.47 bits per heavy atom. The number of ether oxygens (including phenoxy) is 1. The van der Waals surface area contributed by atoms with Gasteiger partial charge >= 0.3 is 5.97 Å². The molecule has 1 atom stereocenters. The van der Waals surface area contributed by atoms with Crippen LogP contribution in [0.2, 0.25) is 0 Å². The predicted octanol–water partition coefficient (Wildman–Crippen LogP) is 0.745. The van der Waals surface area contributed by atoms with E-state index in [1.165, 1.54) is 25.3 Å². The number of nitrogens with two attached hydrogens (primary N) is 1. The first-order chi connectivity index (χ1) is 8.77. The van der Waals surface area contributed by atoms with Crippen molar-refractivity contribution in [1.29, 1.82) is 0 Å². The molecule has 1 unspecified atom stereocenters. The number of nitrogens with one attached hydrogen (secondary N) is 1. The maximum atomic E-state index is 12.1. The quantitative estimate of drug-likeness (QED) is 0.614. The average Bonchev–Trinajstić information content (AvgIpc) is 2.35. The van der Waals surface area contributed by atoms with E-state index in [0.717, 1.165) is 0 Å². The fourth-order valence-corrected chi connectivity index (χ4v) is 2.89. The number of hydrogen-bond acceptors (Lipinski definition) is 5. The SMILES string of the molecule is COC(=O)C(NS(=O)(=O)c1cccc(N)c1)C(C)C. The van der Waals surface area contributed by atoms with E-state index < -0.39 is 22.0 Å². The highest BCUT2D eigenvalue weighted by molar-refractivity contribution is 7.89. The van der Waals surface area contributed by atoms with E-state index in [9.17, 15) is 13.2 Å². The van der Waals surface area contributed by atoms with Crippen molar-refractivity contribution < 1.29 is 17.9 Å². The number of carbonyl (C=O) groups is 1. The second kappa shape index (κ2) is 6.03. The lowest BCUT2D eigenvalue weighted by Gasteiger charge is -2.19. The zero-order valence-corrected chi connectivity index (χ0v) is 11.9. The van der Waals surface area contributed by atoms with Crippen molar-refractivity contribution in [2.45, 2.75) is 24.8 Å². The molecule has 1 aromatic carbocycles. The molecule has 0 heterocycles. The van der Waals surface area contributed by atoms with Crippen molar-refractivity contribution in [1.82, 2.24) is 4.72 Å². The second-order valence-corrected chi connectivity index (χ2v) is 6.15. The molecule has 0 saturated heterocycles. The molecule has 0 fully saturated rings. The Balaban J connectivity index is 3.04. The summed E-state index contributed by atoms with van der Waals surface area (Å²) in [7, 11) is -2.60. The van der Waals surface area contributed by atoms with Crippen molar-refractivity contribution in [3.8, 4) is 0 Å². The lowest BCUT2D eigenvalue weighted by molar-refractivity contribution is -0.143. The number of hydrogen-bond donors (Lipinski definition) is 2. The van der Waals surface area contributed by atoms with Crippen LogP contribution in [0, 0.1) is 5.92 Å². The maximum Gasteiger partial charge on any atom is 0.324 e. The Bertz CT molecular complexity index is 555. The summed E-state index contributed by atoms with van der Waals surface area (Å²) in [5, 5.41) is 0. The first-order valence-electron chi connectivity index (χ1n) is 5.73. The van der Waals surface area contributed by atoms with Gasteiger partial charge in [-0.2, -0.15) is 4.72 Å². The highest BCUT2D eigenvalue weighted by atomic mass is 32.2. The predicted molar refractivity (Wildman–Crippen MR) is 71.8 cm³/mol. The van der Waals surface area contributed by atoms with E-state index in [2.05, 4.69) is 9.46 Å². The molecular formula is C12H18N2O4S. The molecule has 0 aliphatic rings. The van der Waals surface area contributed by atoms with Gasteiger partial charge in [0.2, 0.25) is 10.0 Å². The molecule has 6 nitrogen and oxygen atoms in total. The minimum atomic E-state index is -3.81. The summed E-state index contributed by atoms with van der Waals surface area (Å²) in [5.41, 5.74) is 5.88. The molecule has 0 saturated carbocycles. The molecule has 0 aliphatic carbocycles. The van der Waals surface area contributed by atoms with Crippen LogP contribution in [-0.2, 0) is 19.6 Å². The topological polar surface area (TPSA) is 98.5 Å². The summed E-state index contributed by atoms with van der Waals surface area (Å²) in [6.45, 7) is 3.45. The van der Waals surface area contributed by atoms with Gasteiger partial charge in [0, 0.05) is 5.69 Å². The van der Waals surface area contributed by atoms with Gasteiger partial charge in [-0.25, -0.2) is 8.42 Å². The third-order valence-electron chi connectivity index (χ3n) is 2.57. The Morgan fingerprint density at radius 2 is 2.00 bits per heavy atom. The van der Waals surface area contributed by atoms with Crippen LogP contribution in [-0.4, -0.2) is 27.5 Å². The molecule has 0 amide bonds. The molecule has 7 heteroatoms. The Labute approximate surface area is 113 Å². The van der Waals surface area contributed by atoms with Crippen LogP contribution in [0.4, 0.5) is 5.69 Å². The minimum Gasteiger partial charge on any atom is -0.468 e. The van der Waals surface area contributed by atoms with Crippen LogP contribution in [0.5, 0.6) is 0 Å². The monoisotopic (exact) mass is 286 g/mol. The van der Waals surface area contributed by atoms with Gasteiger partial charge in [-0.1, -0.05) is 19.9 Å². The molecular weight excluding hydrogens is 268 g/mol. The van der Waals surface area contributed by atoms with Crippen molar-refractivity contribution in [2.24, 2.45) is 5.92 Å². The van der Waals surface area contributed by atoms with Gasteiger partial charge in [-0.15, -0.1) is 0 Å². The number of anilines is 1. The molecule has 0 aliphatic heterocycles. The molecule has 3 N–H and O–H groups in total. The van der Waals surface area contributed by atoms with Crippen LogP contribution < -0.4 is 10.5 Å². The van der Waals surface area contributed by atoms with Crippen LogP contribution in [0.3, 0.4) is 0 Å². The number of nitrogen functional groups attached to an aromatic ring is 1. The van der Waals surface area contributed by atoms with Gasteiger partial charge in [0.1, 0.15) is 6.04 Å². The fourth-order valence-electron chi connectivity index (χ4n) is 1.50. The summed E-state index contributed by atoms with van der Waals surface area (Å²) < 4.78 is 31.2. The van der Waals surface area contributed by atoms with Crippen LogP contribution >= 0.6 is 0 Å². The largest absolute Gasteiger partial charge is 0.468 e. The first kappa shape index (κ1) is 15.5. The smallest absolute Gasteiger partial charge is 0.324 e. The molecule has 0 spiro atoms. The summed E-state index contributed by atoms with van der Waals surface area (Å²) in [5.74, 6) is -0.856. The summed E-state index contributed by atoms with van der Waals surface area (Å²) >= 11 is 0. The van der Waals surface area contributed by atoms with Crippen LogP contribution in [0.1, 0.15) is 13.8 Å². The zero-order chi connectivity index (χ0) is 14.6. The highest BCUT2D eigenvalue weighted by Crippen LogP contribution is 2.15. The minimum absolute atomic E-state index is 0.0158. The Hall–Kier alpha value is -1.60. The molecule has 1 rings (SSSR count). The van der Waals surface area contributed by atoms with Crippen LogP contribution in [0.15, 0.2) is 29.2 Å². The van der Waals surface area contributed by atoms with Crippen molar-refractivity contribution in [3.05, 3.63) is 24.3 Å². The van der Waals surface area contributed by atoms with E-state index in [1.54, 1.807) is 19.9 Å². The first-order valence-corrected chi connectivity index (χ1v) is 7.22. The second-order valence-electron chi connectivity index (χ2n) is 4.44. The maximum absolute atomic E-state index is 12.1. The van der Waals surface area contributed by atoms with E-state index in [4.69, 9.17) is 5.73 Å². The van der Waals surface area contributed by atoms with Crippen LogP contribution in [0.25, 0.3) is 0 Å². The number of rotatable bonds is 5. The number of sulfonamides is 1. The third kappa shape index (κ3) is 3.93. The van der Waals surface area contributed by atoms with Gasteiger partial charge in [-0.3, -0.25) is 4.79 Å².